The van der Waals surface area contributed by atoms with Gasteiger partial charge in [0.05, 0.1) is 11.8 Å². The molecular formula is C17H15N3O. The van der Waals surface area contributed by atoms with Crippen LogP contribution < -0.4 is 10.5 Å². The molecule has 1 aliphatic carbocycles. The fourth-order valence-corrected chi connectivity index (χ4v) is 2.50. The summed E-state index contributed by atoms with van der Waals surface area (Å²) in [6, 6.07) is 11.3. The number of pyridine rings is 1. The SMILES string of the molecule is C[C@@H]1CC(C#N)=Cc2c(Oc3ccc(N)cc3)ccnc21. The number of allylic oxidation sites excluding steroid dienone is 1. The Kier molecular flexibility index (Phi) is 3.33. The third kappa shape index (κ3) is 2.59. The number of nitrogens with zero attached hydrogens (tertiary/aromatic N) is 2. The Morgan fingerprint density at radius 1 is 1.29 bits per heavy atom. The van der Waals surface area contributed by atoms with Crippen molar-refractivity contribution in [1.82, 2.24) is 4.98 Å². The van der Waals surface area contributed by atoms with Gasteiger partial charge in [-0.3, -0.25) is 4.98 Å². The molecule has 4 nitrogen and oxygen atoms in total. The van der Waals surface area contributed by atoms with Gasteiger partial charge in [-0.25, -0.2) is 0 Å². The Labute approximate surface area is 123 Å². The molecule has 1 heterocycles. The van der Waals surface area contributed by atoms with Gasteiger partial charge in [-0.05, 0) is 42.8 Å². The Hall–Kier alpha value is -2.80. The molecule has 0 unspecified atom stereocenters. The van der Waals surface area contributed by atoms with Crippen molar-refractivity contribution in [2.45, 2.75) is 19.3 Å². The van der Waals surface area contributed by atoms with Crippen LogP contribution in [0.5, 0.6) is 11.5 Å². The maximum absolute atomic E-state index is 9.15. The smallest absolute Gasteiger partial charge is 0.138 e. The van der Waals surface area contributed by atoms with E-state index in [0.29, 0.717) is 17.2 Å². The molecule has 0 spiro atoms. The largest absolute Gasteiger partial charge is 0.457 e. The van der Waals surface area contributed by atoms with E-state index < -0.39 is 0 Å². The minimum absolute atomic E-state index is 0.217. The number of rotatable bonds is 2. The normalized spacial score (nSPS) is 16.6. The quantitative estimate of drug-likeness (QED) is 0.846. The predicted octanol–water partition coefficient (Wildman–Crippen LogP) is 3.87. The molecule has 0 radical (unpaired) electrons. The van der Waals surface area contributed by atoms with Crippen LogP contribution in [-0.2, 0) is 0 Å². The number of nitrogens with two attached hydrogens (primary N) is 1. The second-order valence-electron chi connectivity index (χ2n) is 5.17. The van der Waals surface area contributed by atoms with Crippen LogP contribution >= 0.6 is 0 Å². The monoisotopic (exact) mass is 277 g/mol. The molecular weight excluding hydrogens is 262 g/mol. The highest BCUT2D eigenvalue weighted by atomic mass is 16.5. The van der Waals surface area contributed by atoms with Crippen molar-refractivity contribution in [2.24, 2.45) is 0 Å². The van der Waals surface area contributed by atoms with Crippen molar-refractivity contribution in [2.75, 3.05) is 5.73 Å². The standard InChI is InChI=1S/C17H15N3O/c1-11-8-12(10-18)9-15-16(6-7-20-17(11)15)21-14-4-2-13(19)3-5-14/h2-7,9,11H,8,19H2,1H3/t11-/m1/s1. The Bertz CT molecular complexity index is 742. The molecule has 0 aliphatic heterocycles. The average Bonchev–Trinajstić information content (AvgIpc) is 2.50. The molecule has 1 aliphatic rings. The molecule has 2 N–H and O–H groups in total. The topological polar surface area (TPSA) is 71.9 Å². The third-order valence-corrected chi connectivity index (χ3v) is 3.54. The number of benzene rings is 1. The molecule has 0 amide bonds. The number of nitrogen functional groups attached to an aromatic ring is 1. The van der Waals surface area contributed by atoms with Crippen LogP contribution in [-0.4, -0.2) is 4.98 Å². The van der Waals surface area contributed by atoms with Gasteiger partial charge in [0.15, 0.2) is 0 Å². The molecule has 0 saturated heterocycles. The predicted molar refractivity (Wildman–Crippen MR) is 81.8 cm³/mol. The number of anilines is 1. The molecule has 2 aromatic rings. The summed E-state index contributed by atoms with van der Waals surface area (Å²) in [5.41, 5.74) is 8.99. The van der Waals surface area contributed by atoms with E-state index in [2.05, 4.69) is 18.0 Å². The first-order valence-electron chi connectivity index (χ1n) is 6.80. The van der Waals surface area contributed by atoms with Gasteiger partial charge in [-0.1, -0.05) is 6.92 Å². The van der Waals surface area contributed by atoms with E-state index in [1.165, 1.54) is 0 Å². The van der Waals surface area contributed by atoms with Crippen molar-refractivity contribution in [3.8, 4) is 17.6 Å². The van der Waals surface area contributed by atoms with Crippen LogP contribution in [0.25, 0.3) is 6.08 Å². The summed E-state index contributed by atoms with van der Waals surface area (Å²) in [4.78, 5) is 4.43. The highest BCUT2D eigenvalue weighted by Crippen LogP contribution is 2.37. The lowest BCUT2D eigenvalue weighted by Crippen LogP contribution is -2.07. The second kappa shape index (κ2) is 5.29. The molecule has 0 bridgehead atoms. The highest BCUT2D eigenvalue weighted by Gasteiger charge is 2.22. The lowest BCUT2D eigenvalue weighted by molar-refractivity contribution is 0.478. The Morgan fingerprint density at radius 2 is 2.05 bits per heavy atom. The summed E-state index contributed by atoms with van der Waals surface area (Å²) in [7, 11) is 0. The van der Waals surface area contributed by atoms with E-state index in [0.717, 1.165) is 23.3 Å². The van der Waals surface area contributed by atoms with Gasteiger partial charge in [0.2, 0.25) is 0 Å². The number of hydrogen-bond donors (Lipinski definition) is 1. The van der Waals surface area contributed by atoms with Gasteiger partial charge in [0.25, 0.3) is 0 Å². The van der Waals surface area contributed by atoms with E-state index in [1.54, 1.807) is 18.3 Å². The minimum atomic E-state index is 0.217. The highest BCUT2D eigenvalue weighted by molar-refractivity contribution is 5.68. The van der Waals surface area contributed by atoms with Gasteiger partial charge >= 0.3 is 0 Å². The maximum atomic E-state index is 9.15. The van der Waals surface area contributed by atoms with Gasteiger partial charge in [0.1, 0.15) is 11.5 Å². The first-order chi connectivity index (χ1) is 10.2. The molecule has 104 valence electrons. The zero-order valence-electron chi connectivity index (χ0n) is 11.7. The average molecular weight is 277 g/mol. The van der Waals surface area contributed by atoms with E-state index in [-0.39, 0.29) is 5.92 Å². The van der Waals surface area contributed by atoms with Crippen molar-refractivity contribution in [3.63, 3.8) is 0 Å². The molecule has 1 aromatic carbocycles. The van der Waals surface area contributed by atoms with E-state index in [9.17, 15) is 0 Å². The van der Waals surface area contributed by atoms with Crippen molar-refractivity contribution >= 4 is 11.8 Å². The first kappa shape index (κ1) is 13.2. The first-order valence-corrected chi connectivity index (χ1v) is 6.80. The van der Waals surface area contributed by atoms with Crippen molar-refractivity contribution in [1.29, 1.82) is 5.26 Å². The minimum Gasteiger partial charge on any atom is -0.457 e. The fourth-order valence-electron chi connectivity index (χ4n) is 2.50. The molecule has 0 fully saturated rings. The number of ether oxygens (including phenoxy) is 1. The molecule has 3 rings (SSSR count). The van der Waals surface area contributed by atoms with Gasteiger partial charge in [0, 0.05) is 28.9 Å². The summed E-state index contributed by atoms with van der Waals surface area (Å²) in [6.45, 7) is 2.07. The Balaban J connectivity index is 2.02. The summed E-state index contributed by atoms with van der Waals surface area (Å²) in [5, 5.41) is 9.15. The summed E-state index contributed by atoms with van der Waals surface area (Å²) in [5.74, 6) is 1.64. The van der Waals surface area contributed by atoms with Crippen molar-refractivity contribution in [3.05, 3.63) is 53.4 Å². The third-order valence-electron chi connectivity index (χ3n) is 3.54. The molecule has 1 atom stereocenters. The molecule has 0 saturated carbocycles. The van der Waals surface area contributed by atoms with Crippen molar-refractivity contribution < 1.29 is 4.74 Å². The van der Waals surface area contributed by atoms with Crippen LogP contribution in [0.2, 0.25) is 0 Å². The zero-order valence-corrected chi connectivity index (χ0v) is 11.7. The molecule has 21 heavy (non-hydrogen) atoms. The number of fused-ring (bicyclic) bond motifs is 1. The van der Waals surface area contributed by atoms with Crippen LogP contribution in [0.15, 0.2) is 42.1 Å². The lowest BCUT2D eigenvalue weighted by Gasteiger charge is -2.21. The zero-order chi connectivity index (χ0) is 14.8. The second-order valence-corrected chi connectivity index (χ2v) is 5.17. The molecule has 4 heteroatoms. The maximum Gasteiger partial charge on any atom is 0.138 e. The van der Waals surface area contributed by atoms with Crippen LogP contribution in [0, 0.1) is 11.3 Å². The summed E-state index contributed by atoms with van der Waals surface area (Å²) < 4.78 is 5.92. The molecule has 1 aromatic heterocycles. The van der Waals surface area contributed by atoms with Gasteiger partial charge in [-0.2, -0.15) is 5.26 Å². The number of nitriles is 1. The van der Waals surface area contributed by atoms with E-state index in [1.807, 2.05) is 24.3 Å². The van der Waals surface area contributed by atoms with Gasteiger partial charge in [-0.15, -0.1) is 0 Å². The Morgan fingerprint density at radius 3 is 2.76 bits per heavy atom. The summed E-state index contributed by atoms with van der Waals surface area (Å²) >= 11 is 0. The van der Waals surface area contributed by atoms with Crippen LogP contribution in [0.4, 0.5) is 5.69 Å². The fraction of sp³-hybridized carbons (Fsp3) is 0.176. The number of aromatic nitrogens is 1. The van der Waals surface area contributed by atoms with Crippen LogP contribution in [0.3, 0.4) is 0 Å². The van der Waals surface area contributed by atoms with E-state index >= 15 is 0 Å². The summed E-state index contributed by atoms with van der Waals surface area (Å²) in [6.07, 6.45) is 4.34. The van der Waals surface area contributed by atoms with Gasteiger partial charge < -0.3 is 10.5 Å². The number of hydrogen-bond acceptors (Lipinski definition) is 4. The lowest BCUT2D eigenvalue weighted by atomic mass is 9.88. The van der Waals surface area contributed by atoms with Crippen LogP contribution in [0.1, 0.15) is 30.5 Å². The van der Waals surface area contributed by atoms with E-state index in [4.69, 9.17) is 15.7 Å².